The number of aryl methyl sites for hydroxylation is 1. The number of carbonyl (C=O) groups is 3. The smallest absolute Gasteiger partial charge is 0.408 e. The van der Waals surface area contributed by atoms with Crippen molar-refractivity contribution in [2.75, 3.05) is 6.54 Å². The van der Waals surface area contributed by atoms with Gasteiger partial charge in [-0.2, -0.15) is 0 Å². The third-order valence-electron chi connectivity index (χ3n) is 6.81. The van der Waals surface area contributed by atoms with Crippen molar-refractivity contribution in [2.24, 2.45) is 5.92 Å². The predicted molar refractivity (Wildman–Crippen MR) is 150 cm³/mol. The topological polar surface area (TPSA) is 108 Å². The first-order valence-corrected chi connectivity index (χ1v) is 14.2. The Bertz CT molecular complexity index is 934. The van der Waals surface area contributed by atoms with E-state index < -0.39 is 23.8 Å². The highest BCUT2D eigenvalue weighted by atomic mass is 16.6. The number of phenolic OH excluding ortho intramolecular Hbond substituents is 1. The Morgan fingerprint density at radius 1 is 1.13 bits per heavy atom. The molecule has 1 aliphatic rings. The minimum atomic E-state index is -1.02. The normalized spacial score (nSPS) is 16.0. The highest BCUT2D eigenvalue weighted by molar-refractivity contribution is 5.92. The molecule has 0 bridgehead atoms. The average molecular weight is 532 g/mol. The van der Waals surface area contributed by atoms with Crippen LogP contribution in [0.2, 0.25) is 0 Å². The van der Waals surface area contributed by atoms with Gasteiger partial charge in [-0.15, -0.1) is 0 Å². The summed E-state index contributed by atoms with van der Waals surface area (Å²) in [7, 11) is 0. The fraction of sp³-hybridized carbons (Fsp3) is 0.700. The van der Waals surface area contributed by atoms with E-state index in [9.17, 15) is 19.5 Å². The molecule has 1 saturated carbocycles. The highest BCUT2D eigenvalue weighted by Gasteiger charge is 2.38. The van der Waals surface area contributed by atoms with Gasteiger partial charge < -0.3 is 25.4 Å². The van der Waals surface area contributed by atoms with Gasteiger partial charge in [-0.05, 0) is 64.9 Å². The lowest BCUT2D eigenvalue weighted by Crippen LogP contribution is -2.54. The van der Waals surface area contributed by atoms with Crippen molar-refractivity contribution in [1.29, 1.82) is 0 Å². The van der Waals surface area contributed by atoms with Gasteiger partial charge >= 0.3 is 6.09 Å². The van der Waals surface area contributed by atoms with Crippen molar-refractivity contribution in [3.8, 4) is 5.75 Å². The molecule has 1 aliphatic carbocycles. The van der Waals surface area contributed by atoms with Gasteiger partial charge in [-0.25, -0.2) is 4.79 Å². The number of nitrogens with zero attached hydrogens (tertiary/aromatic N) is 1. The molecule has 0 radical (unpaired) electrons. The summed E-state index contributed by atoms with van der Waals surface area (Å²) in [5.74, 6) is -0.551. The fourth-order valence-corrected chi connectivity index (χ4v) is 4.92. The van der Waals surface area contributed by atoms with Crippen LogP contribution in [-0.4, -0.2) is 52.1 Å². The van der Waals surface area contributed by atoms with Gasteiger partial charge in [0.2, 0.25) is 11.8 Å². The maximum atomic E-state index is 14.2. The lowest BCUT2D eigenvalue weighted by Gasteiger charge is -2.36. The minimum absolute atomic E-state index is 0.00565. The van der Waals surface area contributed by atoms with Gasteiger partial charge in [0.05, 0.1) is 0 Å². The van der Waals surface area contributed by atoms with Crippen LogP contribution in [0.15, 0.2) is 18.2 Å². The summed E-state index contributed by atoms with van der Waals surface area (Å²) in [6.07, 6.45) is 6.27. The number of unbranched alkanes of at least 4 members (excludes halogenated alkanes) is 1. The predicted octanol–water partition coefficient (Wildman–Crippen LogP) is 5.76. The molecule has 3 N–H and O–H groups in total. The average Bonchev–Trinajstić information content (AvgIpc) is 2.82. The third-order valence-corrected chi connectivity index (χ3v) is 6.81. The van der Waals surface area contributed by atoms with E-state index in [1.165, 1.54) is 0 Å². The van der Waals surface area contributed by atoms with Crippen molar-refractivity contribution in [3.05, 3.63) is 29.3 Å². The number of nitrogens with one attached hydrogen (secondary N) is 2. The Balaban J connectivity index is 2.50. The number of amides is 3. The van der Waals surface area contributed by atoms with Gasteiger partial charge in [0, 0.05) is 18.2 Å². The first kappa shape index (κ1) is 31.4. The number of carbonyl (C=O) groups excluding carboxylic acids is 3. The molecule has 38 heavy (non-hydrogen) atoms. The highest BCUT2D eigenvalue weighted by Crippen LogP contribution is 2.33. The molecule has 0 heterocycles. The maximum absolute atomic E-state index is 14.2. The molecule has 214 valence electrons. The van der Waals surface area contributed by atoms with Crippen LogP contribution in [0.4, 0.5) is 4.79 Å². The van der Waals surface area contributed by atoms with E-state index in [1.807, 2.05) is 20.8 Å². The number of phenols is 1. The van der Waals surface area contributed by atoms with E-state index in [4.69, 9.17) is 4.74 Å². The number of alkyl carbamates (subject to hydrolysis) is 1. The number of rotatable bonds is 11. The first-order chi connectivity index (χ1) is 17.8. The number of ether oxygens (including phenoxy) is 1. The molecule has 1 fully saturated rings. The first-order valence-electron chi connectivity index (χ1n) is 14.2. The Kier molecular flexibility index (Phi) is 11.9. The molecule has 0 saturated heterocycles. The van der Waals surface area contributed by atoms with Crippen molar-refractivity contribution >= 4 is 17.9 Å². The van der Waals surface area contributed by atoms with Crippen molar-refractivity contribution in [2.45, 2.75) is 124 Å². The molecular weight excluding hydrogens is 482 g/mol. The molecule has 1 aromatic carbocycles. The lowest BCUT2D eigenvalue weighted by atomic mass is 9.93. The van der Waals surface area contributed by atoms with E-state index in [0.29, 0.717) is 30.5 Å². The summed E-state index contributed by atoms with van der Waals surface area (Å²) in [6.45, 7) is 13.4. The second-order valence-corrected chi connectivity index (χ2v) is 12.0. The van der Waals surface area contributed by atoms with Gasteiger partial charge in [0.1, 0.15) is 23.4 Å². The zero-order chi connectivity index (χ0) is 28.5. The number of hydrogen-bond acceptors (Lipinski definition) is 5. The molecule has 0 aliphatic heterocycles. The van der Waals surface area contributed by atoms with E-state index in [1.54, 1.807) is 50.8 Å². The van der Waals surface area contributed by atoms with Crippen LogP contribution in [0.25, 0.3) is 0 Å². The number of hydrogen-bond donors (Lipinski definition) is 3. The molecule has 1 aromatic rings. The van der Waals surface area contributed by atoms with E-state index in [2.05, 4.69) is 10.6 Å². The monoisotopic (exact) mass is 531 g/mol. The Hall–Kier alpha value is -2.77. The van der Waals surface area contributed by atoms with Crippen LogP contribution >= 0.6 is 0 Å². The van der Waals surface area contributed by atoms with Gasteiger partial charge in [0.25, 0.3) is 0 Å². The Morgan fingerprint density at radius 2 is 1.79 bits per heavy atom. The van der Waals surface area contributed by atoms with Crippen LogP contribution in [-0.2, 0) is 14.3 Å². The minimum Gasteiger partial charge on any atom is -0.507 e. The SMILES string of the molecule is CCCCN(C(=O)C(CC(C)C)NC(=O)OC(C)(C)C)C(C(=O)NC1CCCCC1)c1cccc(C)c1O. The molecular formula is C30H49N3O5. The molecule has 2 rings (SSSR count). The Labute approximate surface area is 228 Å². The summed E-state index contributed by atoms with van der Waals surface area (Å²) < 4.78 is 5.45. The standard InChI is InChI=1S/C30H49N3O5/c1-8-9-18-33(28(36)24(19-20(2)3)32-29(37)38-30(5,6)7)25(23-17-13-14-21(4)26(23)34)27(35)31-22-15-11-10-12-16-22/h13-14,17,20,22,24-25,34H,8-12,15-16,18-19H2,1-7H3,(H,31,35)(H,32,37). The third kappa shape index (κ3) is 9.52. The second kappa shape index (κ2) is 14.4. The molecule has 8 heteroatoms. The van der Waals surface area contributed by atoms with Crippen LogP contribution in [0.5, 0.6) is 5.75 Å². The summed E-state index contributed by atoms with van der Waals surface area (Å²) >= 11 is 0. The van der Waals surface area contributed by atoms with Crippen LogP contribution in [0.3, 0.4) is 0 Å². The zero-order valence-electron chi connectivity index (χ0n) is 24.4. The lowest BCUT2D eigenvalue weighted by molar-refractivity contribution is -0.143. The largest absolute Gasteiger partial charge is 0.507 e. The number of para-hydroxylation sites is 1. The Morgan fingerprint density at radius 3 is 2.37 bits per heavy atom. The van der Waals surface area contributed by atoms with Crippen molar-refractivity contribution in [1.82, 2.24) is 15.5 Å². The number of benzene rings is 1. The summed E-state index contributed by atoms with van der Waals surface area (Å²) in [4.78, 5) is 42.3. The fourth-order valence-electron chi connectivity index (χ4n) is 4.92. The summed E-state index contributed by atoms with van der Waals surface area (Å²) in [5, 5.41) is 17.0. The summed E-state index contributed by atoms with van der Waals surface area (Å²) in [5.41, 5.74) is 0.308. The summed E-state index contributed by atoms with van der Waals surface area (Å²) in [6, 6.07) is 3.42. The quantitative estimate of drug-likeness (QED) is 0.337. The molecule has 0 spiro atoms. The van der Waals surface area contributed by atoms with Gasteiger partial charge in [0.15, 0.2) is 0 Å². The molecule has 2 unspecified atom stereocenters. The van der Waals surface area contributed by atoms with Gasteiger partial charge in [-0.1, -0.05) is 64.7 Å². The van der Waals surface area contributed by atoms with Crippen LogP contribution in [0.1, 0.15) is 110 Å². The van der Waals surface area contributed by atoms with Crippen LogP contribution < -0.4 is 10.6 Å². The van der Waals surface area contributed by atoms with Crippen molar-refractivity contribution in [3.63, 3.8) is 0 Å². The van der Waals surface area contributed by atoms with Crippen molar-refractivity contribution < 1.29 is 24.2 Å². The van der Waals surface area contributed by atoms with Gasteiger partial charge in [-0.3, -0.25) is 9.59 Å². The number of aromatic hydroxyl groups is 1. The van der Waals surface area contributed by atoms with E-state index in [-0.39, 0.29) is 29.5 Å². The molecule has 0 aromatic heterocycles. The van der Waals surface area contributed by atoms with E-state index in [0.717, 1.165) is 38.5 Å². The van der Waals surface area contributed by atoms with Crippen LogP contribution in [0, 0.1) is 12.8 Å². The molecule has 8 nitrogen and oxygen atoms in total. The molecule has 2 atom stereocenters. The molecule has 3 amide bonds. The second-order valence-electron chi connectivity index (χ2n) is 12.0. The van der Waals surface area contributed by atoms with E-state index >= 15 is 0 Å². The zero-order valence-corrected chi connectivity index (χ0v) is 24.4. The maximum Gasteiger partial charge on any atom is 0.408 e.